The molecule has 0 bridgehead atoms. The van der Waals surface area contributed by atoms with E-state index in [9.17, 15) is 4.79 Å². The lowest BCUT2D eigenvalue weighted by atomic mass is 10.0. The van der Waals surface area contributed by atoms with Crippen LogP contribution >= 0.6 is 22.9 Å². The number of rotatable bonds is 2. The molecule has 3 aromatic rings. The van der Waals surface area contributed by atoms with Crippen LogP contribution in [0, 0.1) is 0 Å². The summed E-state index contributed by atoms with van der Waals surface area (Å²) in [5.74, 6) is -0.0267. The molecule has 6 heteroatoms. The van der Waals surface area contributed by atoms with Gasteiger partial charge in [0.15, 0.2) is 0 Å². The normalized spacial score (nSPS) is 17.1. The van der Waals surface area contributed by atoms with Crippen molar-refractivity contribution in [2.24, 2.45) is 0 Å². The van der Waals surface area contributed by atoms with Gasteiger partial charge in [0.1, 0.15) is 5.69 Å². The number of carbonyl (C=O) groups excluding carboxylic acids is 1. The third-order valence-electron chi connectivity index (χ3n) is 3.93. The fraction of sp³-hybridized carbons (Fsp3) is 0.125. The number of thiophene rings is 1. The molecule has 1 amide bonds. The summed E-state index contributed by atoms with van der Waals surface area (Å²) in [6, 6.07) is 11.5. The van der Waals surface area contributed by atoms with Gasteiger partial charge in [-0.1, -0.05) is 29.8 Å². The van der Waals surface area contributed by atoms with Crippen LogP contribution in [0.1, 0.15) is 27.0 Å². The Balaban J connectivity index is 1.90. The zero-order chi connectivity index (χ0) is 15.3. The van der Waals surface area contributed by atoms with Gasteiger partial charge in [0.25, 0.3) is 5.91 Å². The van der Waals surface area contributed by atoms with Gasteiger partial charge in [0, 0.05) is 28.1 Å². The van der Waals surface area contributed by atoms with Gasteiger partial charge in [0.05, 0.1) is 11.7 Å². The molecule has 0 unspecified atom stereocenters. The molecule has 22 heavy (non-hydrogen) atoms. The number of H-pyrrole nitrogens is 1. The number of aromatic amines is 1. The van der Waals surface area contributed by atoms with Crippen molar-refractivity contribution in [3.05, 3.63) is 62.9 Å². The molecule has 0 saturated carbocycles. The van der Waals surface area contributed by atoms with Crippen molar-refractivity contribution in [2.75, 3.05) is 7.05 Å². The molecule has 0 aliphatic carbocycles. The van der Waals surface area contributed by atoms with Crippen LogP contribution in [0.5, 0.6) is 0 Å². The van der Waals surface area contributed by atoms with Gasteiger partial charge in [-0.2, -0.15) is 5.10 Å². The average molecular weight is 330 g/mol. The molecule has 4 nitrogen and oxygen atoms in total. The minimum absolute atomic E-state index is 0.0267. The monoisotopic (exact) mass is 329 g/mol. The predicted molar refractivity (Wildman–Crippen MR) is 87.3 cm³/mol. The van der Waals surface area contributed by atoms with Crippen molar-refractivity contribution >= 4 is 28.8 Å². The quantitative estimate of drug-likeness (QED) is 0.773. The Morgan fingerprint density at radius 1 is 1.27 bits per heavy atom. The zero-order valence-electron chi connectivity index (χ0n) is 11.7. The maximum atomic E-state index is 12.4. The van der Waals surface area contributed by atoms with Gasteiger partial charge >= 0.3 is 0 Å². The Kier molecular flexibility index (Phi) is 3.06. The number of carbonyl (C=O) groups is 1. The molecule has 1 N–H and O–H groups in total. The van der Waals surface area contributed by atoms with Crippen LogP contribution in [0.2, 0.25) is 5.02 Å². The molecular formula is C16H12ClN3OS. The van der Waals surface area contributed by atoms with Crippen molar-refractivity contribution < 1.29 is 4.79 Å². The Hall–Kier alpha value is -2.11. The van der Waals surface area contributed by atoms with Crippen LogP contribution < -0.4 is 0 Å². The van der Waals surface area contributed by atoms with E-state index in [4.69, 9.17) is 11.6 Å². The summed E-state index contributed by atoms with van der Waals surface area (Å²) in [4.78, 5) is 15.3. The SMILES string of the molecule is CN1C(=O)c2[nH]nc(-c3ccc(Cl)cc3)c2[C@H]1c1cccs1. The maximum absolute atomic E-state index is 12.4. The molecule has 1 aromatic carbocycles. The molecular weight excluding hydrogens is 318 g/mol. The van der Waals surface area contributed by atoms with Crippen LogP contribution in [-0.4, -0.2) is 28.1 Å². The summed E-state index contributed by atoms with van der Waals surface area (Å²) in [6.45, 7) is 0. The smallest absolute Gasteiger partial charge is 0.272 e. The summed E-state index contributed by atoms with van der Waals surface area (Å²) < 4.78 is 0. The third kappa shape index (κ3) is 1.90. The van der Waals surface area contributed by atoms with E-state index in [-0.39, 0.29) is 11.9 Å². The van der Waals surface area contributed by atoms with E-state index in [2.05, 4.69) is 10.2 Å². The predicted octanol–water partition coefficient (Wildman–Crippen LogP) is 3.97. The summed E-state index contributed by atoms with van der Waals surface area (Å²) in [7, 11) is 1.83. The molecule has 3 heterocycles. The van der Waals surface area contributed by atoms with Crippen LogP contribution in [0.3, 0.4) is 0 Å². The largest absolute Gasteiger partial charge is 0.328 e. The Labute approximate surface area is 136 Å². The Bertz CT molecular complexity index is 839. The number of fused-ring (bicyclic) bond motifs is 1. The first-order chi connectivity index (χ1) is 10.7. The number of benzene rings is 1. The number of halogens is 1. The maximum Gasteiger partial charge on any atom is 0.272 e. The van der Waals surface area contributed by atoms with Gasteiger partial charge in [-0.25, -0.2) is 0 Å². The highest BCUT2D eigenvalue weighted by molar-refractivity contribution is 7.10. The van der Waals surface area contributed by atoms with Crippen LogP contribution in [0.4, 0.5) is 0 Å². The van der Waals surface area contributed by atoms with E-state index in [1.54, 1.807) is 16.2 Å². The number of hydrogen-bond donors (Lipinski definition) is 1. The topological polar surface area (TPSA) is 49.0 Å². The molecule has 2 aromatic heterocycles. The second kappa shape index (κ2) is 4.97. The van der Waals surface area contributed by atoms with Crippen LogP contribution in [-0.2, 0) is 0 Å². The lowest BCUT2D eigenvalue weighted by molar-refractivity contribution is 0.0789. The molecule has 0 radical (unpaired) electrons. The molecule has 110 valence electrons. The van der Waals surface area contributed by atoms with Crippen molar-refractivity contribution in [3.63, 3.8) is 0 Å². The van der Waals surface area contributed by atoms with Gasteiger partial charge in [-0.15, -0.1) is 11.3 Å². The minimum atomic E-state index is -0.0908. The number of aromatic nitrogens is 2. The molecule has 0 fully saturated rings. The second-order valence-corrected chi connectivity index (χ2v) is 6.62. The zero-order valence-corrected chi connectivity index (χ0v) is 13.3. The summed E-state index contributed by atoms with van der Waals surface area (Å²) in [5.41, 5.74) is 3.28. The summed E-state index contributed by atoms with van der Waals surface area (Å²) in [5, 5.41) is 9.97. The van der Waals surface area contributed by atoms with Gasteiger partial charge in [0.2, 0.25) is 0 Å². The highest BCUT2D eigenvalue weighted by Crippen LogP contribution is 2.43. The molecule has 0 saturated heterocycles. The van der Waals surface area contributed by atoms with Crippen molar-refractivity contribution in [1.29, 1.82) is 0 Å². The molecule has 1 atom stereocenters. The van der Waals surface area contributed by atoms with Crippen molar-refractivity contribution in [1.82, 2.24) is 15.1 Å². The molecule has 0 spiro atoms. The van der Waals surface area contributed by atoms with E-state index in [1.165, 1.54) is 0 Å². The molecule has 4 rings (SSSR count). The highest BCUT2D eigenvalue weighted by Gasteiger charge is 2.40. The van der Waals surface area contributed by atoms with Gasteiger partial charge in [-0.05, 0) is 23.6 Å². The number of amides is 1. The van der Waals surface area contributed by atoms with Crippen LogP contribution in [0.25, 0.3) is 11.3 Å². The first-order valence-electron chi connectivity index (χ1n) is 6.81. The van der Waals surface area contributed by atoms with E-state index in [1.807, 2.05) is 48.8 Å². The van der Waals surface area contributed by atoms with Crippen LogP contribution in [0.15, 0.2) is 41.8 Å². The summed E-state index contributed by atoms with van der Waals surface area (Å²) >= 11 is 7.60. The lowest BCUT2D eigenvalue weighted by Gasteiger charge is -2.20. The van der Waals surface area contributed by atoms with E-state index in [0.29, 0.717) is 10.7 Å². The van der Waals surface area contributed by atoms with E-state index < -0.39 is 0 Å². The Morgan fingerprint density at radius 2 is 2.05 bits per heavy atom. The number of nitrogens with one attached hydrogen (secondary N) is 1. The van der Waals surface area contributed by atoms with Gasteiger partial charge < -0.3 is 4.90 Å². The lowest BCUT2D eigenvalue weighted by Crippen LogP contribution is -2.24. The standard InChI is InChI=1S/C16H12ClN3OS/c1-20-15(11-3-2-8-22-11)12-13(18-19-14(12)16(20)21)9-4-6-10(17)7-5-9/h2-8,15H,1H3,(H,18,19)/t15-/m1/s1. The Morgan fingerprint density at radius 3 is 2.73 bits per heavy atom. The van der Waals surface area contributed by atoms with Crippen molar-refractivity contribution in [2.45, 2.75) is 6.04 Å². The first kappa shape index (κ1) is 13.5. The third-order valence-corrected chi connectivity index (χ3v) is 5.11. The van der Waals surface area contributed by atoms with Gasteiger partial charge in [-0.3, -0.25) is 9.89 Å². The number of hydrogen-bond acceptors (Lipinski definition) is 3. The van der Waals surface area contributed by atoms with E-state index >= 15 is 0 Å². The first-order valence-corrected chi connectivity index (χ1v) is 8.07. The minimum Gasteiger partial charge on any atom is -0.328 e. The molecule has 1 aliphatic rings. The summed E-state index contributed by atoms with van der Waals surface area (Å²) in [6.07, 6.45) is 0. The average Bonchev–Trinajstić information content (AvgIpc) is 3.21. The highest BCUT2D eigenvalue weighted by atomic mass is 35.5. The van der Waals surface area contributed by atoms with Crippen molar-refractivity contribution in [3.8, 4) is 11.3 Å². The second-order valence-electron chi connectivity index (χ2n) is 5.20. The molecule has 1 aliphatic heterocycles. The number of nitrogens with zero attached hydrogens (tertiary/aromatic N) is 2. The fourth-order valence-corrected chi connectivity index (χ4v) is 3.88. The van der Waals surface area contributed by atoms with E-state index in [0.717, 1.165) is 21.7 Å². The fourth-order valence-electron chi connectivity index (χ4n) is 2.87.